The molecule has 2 aromatic carbocycles. The molecule has 0 saturated carbocycles. The minimum atomic E-state index is -1.00. The van der Waals surface area contributed by atoms with Crippen molar-refractivity contribution in [1.29, 1.82) is 0 Å². The maximum Gasteiger partial charge on any atom is 0.338 e. The van der Waals surface area contributed by atoms with Gasteiger partial charge >= 0.3 is 11.9 Å². The highest BCUT2D eigenvalue weighted by Gasteiger charge is 2.38. The molecule has 1 aliphatic rings. The molecule has 0 aliphatic carbocycles. The fourth-order valence-corrected chi connectivity index (χ4v) is 3.61. The molecule has 0 spiro atoms. The van der Waals surface area contributed by atoms with Crippen LogP contribution in [0, 0.1) is 13.8 Å². The Balaban J connectivity index is 1.77. The van der Waals surface area contributed by atoms with E-state index in [9.17, 15) is 14.7 Å². The van der Waals surface area contributed by atoms with E-state index in [-0.39, 0.29) is 18.1 Å². The summed E-state index contributed by atoms with van der Waals surface area (Å²) in [5.74, 6) is -1.71. The van der Waals surface area contributed by atoms with Crippen LogP contribution < -0.4 is 0 Å². The fourth-order valence-electron chi connectivity index (χ4n) is 3.29. The molecule has 142 valence electrons. The molecule has 1 N–H and O–H groups in total. The number of alkyl halides is 1. The molecule has 1 fully saturated rings. The second-order valence-corrected chi connectivity index (χ2v) is 7.27. The Morgan fingerprint density at radius 1 is 1.15 bits per heavy atom. The molecule has 1 aliphatic heterocycles. The van der Waals surface area contributed by atoms with E-state index >= 15 is 0 Å². The average molecular weight is 389 g/mol. The summed E-state index contributed by atoms with van der Waals surface area (Å²) >= 11 is 6.16. The lowest BCUT2D eigenvalue weighted by atomic mass is 9.88. The summed E-state index contributed by atoms with van der Waals surface area (Å²) in [4.78, 5) is 23.9. The molecule has 3 rings (SSSR count). The van der Waals surface area contributed by atoms with Gasteiger partial charge < -0.3 is 14.6 Å². The predicted molar refractivity (Wildman–Crippen MR) is 101 cm³/mol. The number of carbonyl (C=O) groups is 2. The molecule has 0 bridgehead atoms. The Morgan fingerprint density at radius 3 is 2.48 bits per heavy atom. The van der Waals surface area contributed by atoms with Crippen LogP contribution in [0.5, 0.6) is 0 Å². The smallest absolute Gasteiger partial charge is 0.338 e. The monoisotopic (exact) mass is 388 g/mol. The number of carbonyl (C=O) groups excluding carboxylic acids is 1. The van der Waals surface area contributed by atoms with Crippen molar-refractivity contribution in [3.63, 3.8) is 0 Å². The zero-order valence-electron chi connectivity index (χ0n) is 15.1. The fraction of sp³-hybridized carbons (Fsp3) is 0.333. The van der Waals surface area contributed by atoms with E-state index in [2.05, 4.69) is 0 Å². The van der Waals surface area contributed by atoms with Crippen molar-refractivity contribution >= 4 is 23.5 Å². The number of hydrogen-bond acceptors (Lipinski definition) is 4. The van der Waals surface area contributed by atoms with Gasteiger partial charge in [-0.15, -0.1) is 0 Å². The summed E-state index contributed by atoms with van der Waals surface area (Å²) < 4.78 is 11.1. The van der Waals surface area contributed by atoms with Gasteiger partial charge in [0.2, 0.25) is 0 Å². The lowest BCUT2D eigenvalue weighted by molar-refractivity contribution is 0.00591. The van der Waals surface area contributed by atoms with Crippen LogP contribution in [0.15, 0.2) is 42.5 Å². The Morgan fingerprint density at radius 2 is 1.81 bits per heavy atom. The highest BCUT2D eigenvalue weighted by atomic mass is 35.5. The van der Waals surface area contributed by atoms with Crippen molar-refractivity contribution in [1.82, 2.24) is 0 Å². The molecule has 0 radical (unpaired) electrons. The van der Waals surface area contributed by atoms with Crippen molar-refractivity contribution in [3.05, 3.63) is 70.3 Å². The molecule has 27 heavy (non-hydrogen) atoms. The van der Waals surface area contributed by atoms with Gasteiger partial charge in [-0.05, 0) is 44.0 Å². The molecule has 5 nitrogen and oxygen atoms in total. The van der Waals surface area contributed by atoms with E-state index in [0.29, 0.717) is 17.5 Å². The van der Waals surface area contributed by atoms with E-state index in [1.165, 1.54) is 0 Å². The summed E-state index contributed by atoms with van der Waals surface area (Å²) in [5.41, 5.74) is 2.77. The maximum atomic E-state index is 12.3. The van der Waals surface area contributed by atoms with Crippen LogP contribution in [0.2, 0.25) is 0 Å². The summed E-state index contributed by atoms with van der Waals surface area (Å²) in [6.07, 6.45) is -0.0419. The summed E-state index contributed by atoms with van der Waals surface area (Å²) in [7, 11) is 0. The number of esters is 1. The predicted octanol–water partition coefficient (Wildman–Crippen LogP) is 4.30. The van der Waals surface area contributed by atoms with Gasteiger partial charge in [-0.2, -0.15) is 0 Å². The molecule has 2 aromatic rings. The van der Waals surface area contributed by atoms with Gasteiger partial charge in [-0.1, -0.05) is 47.0 Å². The first kappa shape index (κ1) is 19.4. The Bertz CT molecular complexity index is 846. The van der Waals surface area contributed by atoms with Gasteiger partial charge in [-0.3, -0.25) is 0 Å². The van der Waals surface area contributed by atoms with Crippen LogP contribution >= 0.6 is 11.6 Å². The molecule has 3 atom stereocenters. The Labute approximate surface area is 162 Å². The molecular formula is C21H21ClO5. The number of aryl methyl sites for hydroxylation is 2. The Hall–Kier alpha value is -2.37. The molecule has 1 unspecified atom stereocenters. The minimum absolute atomic E-state index is 0.00754. The van der Waals surface area contributed by atoms with Crippen LogP contribution in [-0.4, -0.2) is 35.3 Å². The van der Waals surface area contributed by atoms with Gasteiger partial charge in [0.25, 0.3) is 0 Å². The van der Waals surface area contributed by atoms with E-state index < -0.39 is 23.6 Å². The van der Waals surface area contributed by atoms with Crippen LogP contribution in [0.1, 0.15) is 49.7 Å². The second kappa shape index (κ2) is 8.11. The van der Waals surface area contributed by atoms with Crippen molar-refractivity contribution in [2.75, 3.05) is 6.61 Å². The summed E-state index contributed by atoms with van der Waals surface area (Å²) in [6.45, 7) is 3.84. The lowest BCUT2D eigenvalue weighted by Crippen LogP contribution is -2.25. The van der Waals surface area contributed by atoms with Gasteiger partial charge in [0.05, 0.1) is 11.1 Å². The molecule has 1 heterocycles. The van der Waals surface area contributed by atoms with Crippen molar-refractivity contribution in [3.8, 4) is 0 Å². The first-order chi connectivity index (χ1) is 12.8. The van der Waals surface area contributed by atoms with Gasteiger partial charge in [0.15, 0.2) is 0 Å². The second-order valence-electron chi connectivity index (χ2n) is 6.79. The summed E-state index contributed by atoms with van der Waals surface area (Å²) in [5, 5.41) is 9.50. The van der Waals surface area contributed by atoms with E-state index in [4.69, 9.17) is 21.1 Å². The largest absolute Gasteiger partial charge is 0.478 e. The number of benzene rings is 2. The van der Waals surface area contributed by atoms with E-state index in [0.717, 1.165) is 11.1 Å². The quantitative estimate of drug-likeness (QED) is 0.610. The Kier molecular flexibility index (Phi) is 5.82. The van der Waals surface area contributed by atoms with Crippen LogP contribution in [0.4, 0.5) is 0 Å². The van der Waals surface area contributed by atoms with Crippen molar-refractivity contribution in [2.45, 2.75) is 37.9 Å². The lowest BCUT2D eigenvalue weighted by Gasteiger charge is -2.20. The summed E-state index contributed by atoms with van der Waals surface area (Å²) in [6, 6.07) is 12.3. The number of hydrogen-bond donors (Lipinski definition) is 1. The first-order valence-electron chi connectivity index (χ1n) is 8.72. The number of aromatic carboxylic acids is 1. The first-order valence-corrected chi connectivity index (χ1v) is 9.16. The third-order valence-electron chi connectivity index (χ3n) is 4.71. The number of rotatable bonds is 5. The number of carboxylic acid groups (broad SMARTS) is 1. The van der Waals surface area contributed by atoms with Crippen LogP contribution in [0.25, 0.3) is 0 Å². The highest BCUT2D eigenvalue weighted by Crippen LogP contribution is 2.39. The van der Waals surface area contributed by atoms with Crippen LogP contribution in [-0.2, 0) is 9.47 Å². The van der Waals surface area contributed by atoms with Gasteiger partial charge in [-0.25, -0.2) is 9.59 Å². The zero-order chi connectivity index (χ0) is 19.6. The topological polar surface area (TPSA) is 72.8 Å². The van der Waals surface area contributed by atoms with Gasteiger partial charge in [0, 0.05) is 5.92 Å². The average Bonchev–Trinajstić information content (AvgIpc) is 3.00. The van der Waals surface area contributed by atoms with Crippen molar-refractivity contribution < 1.29 is 24.2 Å². The minimum Gasteiger partial charge on any atom is -0.478 e. The molecule has 0 aromatic heterocycles. The number of carboxylic acids is 1. The van der Waals surface area contributed by atoms with Gasteiger partial charge in [0.1, 0.15) is 18.3 Å². The van der Waals surface area contributed by atoms with E-state index in [1.54, 1.807) is 24.3 Å². The molecule has 6 heteroatoms. The van der Waals surface area contributed by atoms with Crippen LogP contribution in [0.3, 0.4) is 0 Å². The zero-order valence-corrected chi connectivity index (χ0v) is 15.9. The highest BCUT2D eigenvalue weighted by molar-refractivity contribution is 6.19. The molecule has 0 amide bonds. The standard InChI is InChI=1S/C21H21ClO5/c1-12-3-6-14(7-4-12)21(25)26-11-18-17(10-19(22)27-18)16-9-13(2)5-8-15(16)20(23)24/h3-9,17-19H,10-11H2,1-2H3,(H,23,24)/t17-,18-,19?/m0/s1. The third kappa shape index (κ3) is 4.49. The molecule has 1 saturated heterocycles. The SMILES string of the molecule is Cc1ccc(C(=O)OC[C@@H]2OC(Cl)C[C@H]2c2cc(C)ccc2C(=O)O)cc1. The third-order valence-corrected chi connectivity index (χ3v) is 4.99. The van der Waals surface area contributed by atoms with E-state index in [1.807, 2.05) is 32.0 Å². The van der Waals surface area contributed by atoms with Crippen molar-refractivity contribution in [2.24, 2.45) is 0 Å². The number of halogens is 1. The maximum absolute atomic E-state index is 12.3. The molecular weight excluding hydrogens is 368 g/mol. The number of ether oxygens (including phenoxy) is 2. The normalized spacial score (nSPS) is 21.8.